The Kier molecular flexibility index (Phi) is 2.82. The Bertz CT molecular complexity index is 892. The van der Waals surface area contributed by atoms with Crippen molar-refractivity contribution < 1.29 is 4.52 Å². The van der Waals surface area contributed by atoms with Crippen molar-refractivity contribution in [1.29, 1.82) is 0 Å². The van der Waals surface area contributed by atoms with Crippen molar-refractivity contribution in [3.05, 3.63) is 53.4 Å². The highest BCUT2D eigenvalue weighted by molar-refractivity contribution is 7.13. The summed E-state index contributed by atoms with van der Waals surface area (Å²) < 4.78 is 7.19. The van der Waals surface area contributed by atoms with Crippen LogP contribution in [0.1, 0.15) is 11.5 Å². The maximum atomic E-state index is 5.32. The topological polar surface area (TPSA) is 56.7 Å². The van der Waals surface area contributed by atoms with Gasteiger partial charge in [0.25, 0.3) is 0 Å². The fourth-order valence-electron chi connectivity index (χ4n) is 2.29. The van der Waals surface area contributed by atoms with E-state index in [2.05, 4.69) is 40.4 Å². The van der Waals surface area contributed by atoms with Crippen LogP contribution in [0.25, 0.3) is 21.6 Å². The molecular formula is C15H12N4OS. The van der Waals surface area contributed by atoms with E-state index < -0.39 is 0 Å². The van der Waals surface area contributed by atoms with Crippen molar-refractivity contribution in [3.8, 4) is 10.7 Å². The first kappa shape index (κ1) is 12.3. The Balaban J connectivity index is 1.66. The van der Waals surface area contributed by atoms with E-state index in [-0.39, 0.29) is 0 Å². The van der Waals surface area contributed by atoms with Crippen LogP contribution in [0.2, 0.25) is 0 Å². The summed E-state index contributed by atoms with van der Waals surface area (Å²) in [5.74, 6) is 1.19. The summed E-state index contributed by atoms with van der Waals surface area (Å²) >= 11 is 1.59. The van der Waals surface area contributed by atoms with Crippen LogP contribution in [0.4, 0.5) is 0 Å². The lowest BCUT2D eigenvalue weighted by Gasteiger charge is -1.99. The normalized spacial score (nSPS) is 11.3. The lowest BCUT2D eigenvalue weighted by atomic mass is 10.2. The average Bonchev–Trinajstić information content (AvgIpc) is 3.19. The number of aromatic nitrogens is 4. The standard InChI is InChI=1S/C15H12N4OS/c1-10-4-5-12-11(7-10)8-16-19(12)9-14-17-15(18-20-14)13-3-2-6-21-13/h2-8H,9H2,1H3. The molecular weight excluding hydrogens is 284 g/mol. The molecule has 0 aliphatic heterocycles. The number of thiophene rings is 1. The predicted molar refractivity (Wildman–Crippen MR) is 81.2 cm³/mol. The molecule has 0 saturated carbocycles. The minimum atomic E-state index is 0.477. The first-order valence-corrected chi connectivity index (χ1v) is 7.46. The lowest BCUT2D eigenvalue weighted by Crippen LogP contribution is -2.01. The molecule has 0 fully saturated rings. The van der Waals surface area contributed by atoms with Gasteiger partial charge in [-0.15, -0.1) is 11.3 Å². The first-order chi connectivity index (χ1) is 10.3. The molecule has 3 heterocycles. The molecule has 0 unspecified atom stereocenters. The number of fused-ring (bicyclic) bond motifs is 1. The summed E-state index contributed by atoms with van der Waals surface area (Å²) in [6.07, 6.45) is 1.86. The summed E-state index contributed by atoms with van der Waals surface area (Å²) in [5, 5.41) is 11.5. The minimum Gasteiger partial charge on any atom is -0.337 e. The Hall–Kier alpha value is -2.47. The summed E-state index contributed by atoms with van der Waals surface area (Å²) in [6.45, 7) is 2.55. The second-order valence-electron chi connectivity index (χ2n) is 4.85. The Morgan fingerprint density at radius 1 is 1.29 bits per heavy atom. The van der Waals surface area contributed by atoms with E-state index in [0.717, 1.165) is 15.8 Å². The summed E-state index contributed by atoms with van der Waals surface area (Å²) in [6, 6.07) is 10.2. The van der Waals surface area contributed by atoms with Crippen LogP contribution in [0.3, 0.4) is 0 Å². The SMILES string of the molecule is Cc1ccc2c(cnn2Cc2nc(-c3cccs3)no2)c1. The highest BCUT2D eigenvalue weighted by Crippen LogP contribution is 2.22. The molecule has 0 amide bonds. The Labute approximate surface area is 124 Å². The highest BCUT2D eigenvalue weighted by atomic mass is 32.1. The number of hydrogen-bond donors (Lipinski definition) is 0. The molecule has 0 N–H and O–H groups in total. The average molecular weight is 296 g/mol. The second-order valence-corrected chi connectivity index (χ2v) is 5.80. The molecule has 0 spiro atoms. The van der Waals surface area contributed by atoms with Crippen LogP contribution in [0, 0.1) is 6.92 Å². The second kappa shape index (κ2) is 4.82. The van der Waals surface area contributed by atoms with E-state index >= 15 is 0 Å². The number of benzene rings is 1. The van der Waals surface area contributed by atoms with Crippen molar-refractivity contribution in [2.24, 2.45) is 0 Å². The van der Waals surface area contributed by atoms with E-state index in [4.69, 9.17) is 4.52 Å². The van der Waals surface area contributed by atoms with Gasteiger partial charge in [-0.1, -0.05) is 22.9 Å². The van der Waals surface area contributed by atoms with Crippen molar-refractivity contribution in [2.45, 2.75) is 13.5 Å². The van der Waals surface area contributed by atoms with E-state index in [1.807, 2.05) is 28.4 Å². The zero-order valence-corrected chi connectivity index (χ0v) is 12.2. The van der Waals surface area contributed by atoms with E-state index in [0.29, 0.717) is 18.3 Å². The molecule has 0 radical (unpaired) electrons. The van der Waals surface area contributed by atoms with Crippen molar-refractivity contribution in [3.63, 3.8) is 0 Å². The zero-order chi connectivity index (χ0) is 14.2. The minimum absolute atomic E-state index is 0.477. The zero-order valence-electron chi connectivity index (χ0n) is 11.4. The maximum Gasteiger partial charge on any atom is 0.248 e. The van der Waals surface area contributed by atoms with Crippen molar-refractivity contribution in [2.75, 3.05) is 0 Å². The highest BCUT2D eigenvalue weighted by Gasteiger charge is 2.11. The van der Waals surface area contributed by atoms with Gasteiger partial charge >= 0.3 is 0 Å². The Morgan fingerprint density at radius 2 is 2.24 bits per heavy atom. The fourth-order valence-corrected chi connectivity index (χ4v) is 2.93. The van der Waals surface area contributed by atoms with Gasteiger partial charge in [0.2, 0.25) is 11.7 Å². The third kappa shape index (κ3) is 2.23. The molecule has 3 aromatic heterocycles. The first-order valence-electron chi connectivity index (χ1n) is 6.58. The van der Waals surface area contributed by atoms with Crippen LogP contribution < -0.4 is 0 Å². The molecule has 4 rings (SSSR count). The molecule has 21 heavy (non-hydrogen) atoms. The van der Waals surface area contributed by atoms with Crippen LogP contribution in [0.5, 0.6) is 0 Å². The summed E-state index contributed by atoms with van der Waals surface area (Å²) in [5.41, 5.74) is 2.29. The maximum absolute atomic E-state index is 5.32. The van der Waals surface area contributed by atoms with Gasteiger partial charge in [-0.05, 0) is 30.5 Å². The molecule has 0 aliphatic carbocycles. The van der Waals surface area contributed by atoms with E-state index in [1.165, 1.54) is 5.56 Å². The van der Waals surface area contributed by atoms with Crippen molar-refractivity contribution in [1.82, 2.24) is 19.9 Å². The molecule has 4 aromatic rings. The molecule has 5 nitrogen and oxygen atoms in total. The molecule has 0 saturated heterocycles. The largest absolute Gasteiger partial charge is 0.337 e. The van der Waals surface area contributed by atoms with Gasteiger partial charge in [-0.3, -0.25) is 4.68 Å². The quantitative estimate of drug-likeness (QED) is 0.580. The van der Waals surface area contributed by atoms with Crippen molar-refractivity contribution >= 4 is 22.2 Å². The molecule has 6 heteroatoms. The van der Waals surface area contributed by atoms with Gasteiger partial charge < -0.3 is 4.52 Å². The van der Waals surface area contributed by atoms with Crippen LogP contribution in [-0.4, -0.2) is 19.9 Å². The van der Waals surface area contributed by atoms with Gasteiger partial charge in [-0.2, -0.15) is 10.1 Å². The van der Waals surface area contributed by atoms with Gasteiger partial charge in [0.1, 0.15) is 6.54 Å². The smallest absolute Gasteiger partial charge is 0.248 e. The number of hydrogen-bond acceptors (Lipinski definition) is 5. The molecule has 0 atom stereocenters. The predicted octanol–water partition coefficient (Wildman–Crippen LogP) is 3.50. The third-order valence-corrected chi connectivity index (χ3v) is 4.16. The molecule has 0 bridgehead atoms. The molecule has 1 aromatic carbocycles. The van der Waals surface area contributed by atoms with E-state index in [1.54, 1.807) is 11.3 Å². The summed E-state index contributed by atoms with van der Waals surface area (Å²) in [4.78, 5) is 5.43. The van der Waals surface area contributed by atoms with E-state index in [9.17, 15) is 0 Å². The lowest BCUT2D eigenvalue weighted by molar-refractivity contribution is 0.368. The van der Waals surface area contributed by atoms with Gasteiger partial charge in [0.05, 0.1) is 16.6 Å². The number of aryl methyl sites for hydroxylation is 1. The number of nitrogens with zero attached hydrogens (tertiary/aromatic N) is 4. The third-order valence-electron chi connectivity index (χ3n) is 3.29. The van der Waals surface area contributed by atoms with Crippen LogP contribution in [0.15, 0.2) is 46.4 Å². The summed E-state index contributed by atoms with van der Waals surface area (Å²) in [7, 11) is 0. The Morgan fingerprint density at radius 3 is 3.10 bits per heavy atom. The van der Waals surface area contributed by atoms with Gasteiger partial charge in [0.15, 0.2) is 0 Å². The van der Waals surface area contributed by atoms with Crippen LogP contribution in [-0.2, 0) is 6.54 Å². The monoisotopic (exact) mass is 296 g/mol. The fraction of sp³-hybridized carbons (Fsp3) is 0.133. The number of rotatable bonds is 3. The van der Waals surface area contributed by atoms with Crippen LogP contribution >= 0.6 is 11.3 Å². The molecule has 104 valence electrons. The van der Waals surface area contributed by atoms with Gasteiger partial charge in [-0.25, -0.2) is 0 Å². The molecule has 0 aliphatic rings. The van der Waals surface area contributed by atoms with Gasteiger partial charge in [0, 0.05) is 5.39 Å².